The number of piperazine rings is 1. The standard InChI is InChI=1S/C28H43N7O4S/c1-6-11-29-26(37)32-21(8-7-12-35-15-13-34(5)14-16-35)20-9-10-22(30-17-20)25(36)31-23-18-40-19-24(23)33-27(38)39-28(2,3)4/h9-10,17-19,21H,6-8,11-16H2,1-5H3,(H,31,36)(H,33,38)(H2,29,32,37). The van der Waals surface area contributed by atoms with Crippen LogP contribution in [0.3, 0.4) is 0 Å². The molecule has 3 heterocycles. The Morgan fingerprint density at radius 1 is 1.07 bits per heavy atom. The summed E-state index contributed by atoms with van der Waals surface area (Å²) < 4.78 is 5.30. The summed E-state index contributed by atoms with van der Waals surface area (Å²) in [7, 11) is 2.14. The fourth-order valence-corrected chi connectivity index (χ4v) is 4.91. The average Bonchev–Trinajstić information content (AvgIpc) is 3.32. The highest BCUT2D eigenvalue weighted by atomic mass is 32.1. The van der Waals surface area contributed by atoms with Crippen molar-refractivity contribution in [3.8, 4) is 0 Å². The Morgan fingerprint density at radius 3 is 2.40 bits per heavy atom. The number of hydrogen-bond donors (Lipinski definition) is 4. The molecule has 11 nitrogen and oxygen atoms in total. The lowest BCUT2D eigenvalue weighted by atomic mass is 10.0. The van der Waals surface area contributed by atoms with Gasteiger partial charge in [-0.25, -0.2) is 9.59 Å². The van der Waals surface area contributed by atoms with Crippen molar-refractivity contribution in [1.29, 1.82) is 0 Å². The number of nitrogens with zero attached hydrogens (tertiary/aromatic N) is 3. The Balaban J connectivity index is 1.61. The van der Waals surface area contributed by atoms with Gasteiger partial charge in [-0.3, -0.25) is 15.1 Å². The van der Waals surface area contributed by atoms with Gasteiger partial charge in [-0.05, 0) is 65.3 Å². The van der Waals surface area contributed by atoms with Gasteiger partial charge in [0.2, 0.25) is 0 Å². The lowest BCUT2D eigenvalue weighted by Gasteiger charge is -2.32. The molecule has 0 aromatic carbocycles. The minimum Gasteiger partial charge on any atom is -0.444 e. The Morgan fingerprint density at radius 2 is 1.77 bits per heavy atom. The van der Waals surface area contributed by atoms with Crippen LogP contribution in [0.5, 0.6) is 0 Å². The fourth-order valence-electron chi connectivity index (χ4n) is 4.20. The zero-order valence-electron chi connectivity index (χ0n) is 24.2. The van der Waals surface area contributed by atoms with Crippen LogP contribution in [0.1, 0.15) is 69.1 Å². The lowest BCUT2D eigenvalue weighted by Crippen LogP contribution is -2.44. The highest BCUT2D eigenvalue weighted by molar-refractivity contribution is 7.09. The first-order valence-corrected chi connectivity index (χ1v) is 14.8. The minimum atomic E-state index is -0.636. The molecule has 1 unspecified atom stereocenters. The second-order valence-corrected chi connectivity index (χ2v) is 11.7. The largest absolute Gasteiger partial charge is 0.444 e. The fraction of sp³-hybridized carbons (Fsp3) is 0.571. The second kappa shape index (κ2) is 15.0. The smallest absolute Gasteiger partial charge is 0.412 e. The molecule has 12 heteroatoms. The van der Waals surface area contributed by atoms with Gasteiger partial charge < -0.3 is 30.5 Å². The predicted molar refractivity (Wildman–Crippen MR) is 159 cm³/mol. The van der Waals surface area contributed by atoms with E-state index in [4.69, 9.17) is 4.74 Å². The summed E-state index contributed by atoms with van der Waals surface area (Å²) in [5.41, 5.74) is 1.34. The van der Waals surface area contributed by atoms with E-state index in [1.165, 1.54) is 11.3 Å². The molecule has 0 saturated carbocycles. The van der Waals surface area contributed by atoms with E-state index in [-0.39, 0.29) is 17.8 Å². The number of likely N-dealkylation sites (N-methyl/N-ethyl adjacent to an activating group) is 1. The van der Waals surface area contributed by atoms with Gasteiger partial charge in [0.05, 0.1) is 17.4 Å². The molecule has 220 valence electrons. The molecule has 0 bridgehead atoms. The molecule has 0 radical (unpaired) electrons. The Labute approximate surface area is 241 Å². The molecule has 2 aromatic rings. The molecule has 1 fully saturated rings. The van der Waals surface area contributed by atoms with Crippen LogP contribution >= 0.6 is 11.3 Å². The number of pyridine rings is 1. The number of hydrogen-bond acceptors (Lipinski definition) is 8. The van der Waals surface area contributed by atoms with Crippen molar-refractivity contribution in [3.63, 3.8) is 0 Å². The number of urea groups is 1. The van der Waals surface area contributed by atoms with E-state index in [1.807, 2.05) is 13.0 Å². The molecular weight excluding hydrogens is 530 g/mol. The molecule has 3 rings (SSSR count). The van der Waals surface area contributed by atoms with Gasteiger partial charge in [0.25, 0.3) is 5.91 Å². The molecule has 1 aliphatic rings. The van der Waals surface area contributed by atoms with Gasteiger partial charge in [0, 0.05) is 49.7 Å². The number of carbonyl (C=O) groups is 3. The lowest BCUT2D eigenvalue weighted by molar-refractivity contribution is 0.0635. The van der Waals surface area contributed by atoms with Crippen LogP contribution in [-0.4, -0.2) is 84.7 Å². The molecule has 0 spiro atoms. The first-order valence-electron chi connectivity index (χ1n) is 13.8. The van der Waals surface area contributed by atoms with Gasteiger partial charge in [-0.1, -0.05) is 13.0 Å². The minimum absolute atomic E-state index is 0.212. The SMILES string of the molecule is CCCNC(=O)NC(CCCN1CCN(C)CC1)c1ccc(C(=O)Nc2cscc2NC(=O)OC(C)(C)C)nc1. The van der Waals surface area contributed by atoms with E-state index in [1.54, 1.807) is 43.8 Å². The summed E-state index contributed by atoms with van der Waals surface area (Å²) in [6.45, 7) is 13.2. The van der Waals surface area contributed by atoms with Crippen LogP contribution < -0.4 is 21.3 Å². The first kappa shape index (κ1) is 31.3. The highest BCUT2D eigenvalue weighted by Gasteiger charge is 2.20. The van der Waals surface area contributed by atoms with Crippen LogP contribution in [0.15, 0.2) is 29.1 Å². The number of thiophene rings is 1. The predicted octanol–water partition coefficient (Wildman–Crippen LogP) is 4.52. The Kier molecular flexibility index (Phi) is 11.7. The average molecular weight is 574 g/mol. The topological polar surface area (TPSA) is 128 Å². The zero-order chi connectivity index (χ0) is 29.1. The molecular formula is C28H43N7O4S. The number of amides is 4. The maximum atomic E-state index is 12.9. The normalized spacial score (nSPS) is 15.2. The zero-order valence-corrected chi connectivity index (χ0v) is 25.0. The second-order valence-electron chi connectivity index (χ2n) is 11.0. The summed E-state index contributed by atoms with van der Waals surface area (Å²) >= 11 is 1.34. The molecule has 4 N–H and O–H groups in total. The van der Waals surface area contributed by atoms with Crippen LogP contribution in [-0.2, 0) is 4.74 Å². The number of nitrogens with one attached hydrogen (secondary N) is 4. The number of aromatic nitrogens is 1. The van der Waals surface area contributed by atoms with Gasteiger partial charge in [-0.15, -0.1) is 11.3 Å². The third kappa shape index (κ3) is 10.4. The van der Waals surface area contributed by atoms with Crippen LogP contribution in [0.4, 0.5) is 21.0 Å². The molecule has 1 aliphatic heterocycles. The van der Waals surface area contributed by atoms with Crippen molar-refractivity contribution in [2.24, 2.45) is 0 Å². The van der Waals surface area contributed by atoms with E-state index < -0.39 is 17.6 Å². The van der Waals surface area contributed by atoms with E-state index in [2.05, 4.69) is 43.1 Å². The summed E-state index contributed by atoms with van der Waals surface area (Å²) in [5.74, 6) is -0.405. The van der Waals surface area contributed by atoms with Gasteiger partial charge in [0.1, 0.15) is 11.3 Å². The van der Waals surface area contributed by atoms with E-state index in [0.717, 1.165) is 57.5 Å². The number of ether oxygens (including phenoxy) is 1. The highest BCUT2D eigenvalue weighted by Crippen LogP contribution is 2.28. The first-order chi connectivity index (χ1) is 19.0. The van der Waals surface area contributed by atoms with E-state index in [9.17, 15) is 14.4 Å². The Bertz CT molecular complexity index is 1110. The maximum absolute atomic E-state index is 12.9. The van der Waals surface area contributed by atoms with Crippen molar-refractivity contribution in [2.45, 2.75) is 58.6 Å². The molecule has 2 aromatic heterocycles. The third-order valence-electron chi connectivity index (χ3n) is 6.37. The number of anilines is 2. The summed E-state index contributed by atoms with van der Waals surface area (Å²) in [5, 5.41) is 14.9. The Hall–Kier alpha value is -3.22. The van der Waals surface area contributed by atoms with Crippen molar-refractivity contribution in [3.05, 3.63) is 40.3 Å². The van der Waals surface area contributed by atoms with Crippen molar-refractivity contribution in [2.75, 3.05) is 56.9 Å². The van der Waals surface area contributed by atoms with Crippen molar-refractivity contribution < 1.29 is 19.1 Å². The molecule has 1 atom stereocenters. The third-order valence-corrected chi connectivity index (χ3v) is 7.11. The van der Waals surface area contributed by atoms with Gasteiger partial charge in [0.15, 0.2) is 0 Å². The van der Waals surface area contributed by atoms with E-state index in [0.29, 0.717) is 17.9 Å². The van der Waals surface area contributed by atoms with Gasteiger partial charge >= 0.3 is 12.1 Å². The van der Waals surface area contributed by atoms with Crippen LogP contribution in [0, 0.1) is 0 Å². The quantitative estimate of drug-likeness (QED) is 0.311. The maximum Gasteiger partial charge on any atom is 0.412 e. The summed E-state index contributed by atoms with van der Waals surface area (Å²) in [4.78, 5) is 46.7. The monoisotopic (exact) mass is 573 g/mol. The number of rotatable bonds is 11. The number of carbonyl (C=O) groups excluding carboxylic acids is 3. The molecule has 0 aliphatic carbocycles. The van der Waals surface area contributed by atoms with Crippen molar-refractivity contribution in [1.82, 2.24) is 25.4 Å². The summed E-state index contributed by atoms with van der Waals surface area (Å²) in [6, 6.07) is 3.04. The van der Waals surface area contributed by atoms with Crippen molar-refractivity contribution >= 4 is 40.7 Å². The van der Waals surface area contributed by atoms with E-state index >= 15 is 0 Å². The molecule has 4 amide bonds. The van der Waals surface area contributed by atoms with Crippen LogP contribution in [0.25, 0.3) is 0 Å². The van der Waals surface area contributed by atoms with Crippen LogP contribution in [0.2, 0.25) is 0 Å². The molecule has 1 saturated heterocycles. The summed E-state index contributed by atoms with van der Waals surface area (Å²) in [6.07, 6.45) is 3.58. The molecule has 40 heavy (non-hydrogen) atoms. The van der Waals surface area contributed by atoms with Gasteiger partial charge in [-0.2, -0.15) is 0 Å².